The topological polar surface area (TPSA) is 64.3 Å². The van der Waals surface area contributed by atoms with E-state index < -0.39 is 5.91 Å². The Morgan fingerprint density at radius 1 is 1.47 bits per heavy atom. The van der Waals surface area contributed by atoms with Crippen LogP contribution in [0.15, 0.2) is 30.4 Å². The van der Waals surface area contributed by atoms with Crippen molar-refractivity contribution in [1.29, 1.82) is 0 Å². The minimum atomic E-state index is -0.393. The molecular weight excluding hydrogens is 240 g/mol. The lowest BCUT2D eigenvalue weighted by Gasteiger charge is -2.09. The van der Waals surface area contributed by atoms with E-state index in [4.69, 9.17) is 10.5 Å². The van der Waals surface area contributed by atoms with E-state index in [1.807, 2.05) is 26.0 Å². The van der Waals surface area contributed by atoms with Gasteiger partial charge in [0.1, 0.15) is 0 Å². The molecule has 0 aliphatic rings. The molecule has 1 aromatic carbocycles. The van der Waals surface area contributed by atoms with Crippen molar-refractivity contribution in [2.24, 2.45) is 5.73 Å². The lowest BCUT2D eigenvalue weighted by molar-refractivity contribution is 0.1000. The molecule has 0 aliphatic carbocycles. The van der Waals surface area contributed by atoms with Crippen LogP contribution in [-0.4, -0.2) is 25.7 Å². The summed E-state index contributed by atoms with van der Waals surface area (Å²) >= 11 is 0. The molecule has 0 saturated carbocycles. The van der Waals surface area contributed by atoms with Crippen molar-refractivity contribution in [3.8, 4) is 0 Å². The van der Waals surface area contributed by atoms with E-state index in [1.54, 1.807) is 6.07 Å². The fraction of sp³-hybridized carbons (Fsp3) is 0.400. The molecule has 0 fully saturated rings. The highest BCUT2D eigenvalue weighted by molar-refractivity contribution is 5.93. The highest BCUT2D eigenvalue weighted by atomic mass is 16.5. The van der Waals surface area contributed by atoms with Gasteiger partial charge in [0.15, 0.2) is 0 Å². The molecule has 0 saturated heterocycles. The summed E-state index contributed by atoms with van der Waals surface area (Å²) in [4.78, 5) is 11.0. The first-order chi connectivity index (χ1) is 9.00. The number of rotatable bonds is 8. The fourth-order valence-electron chi connectivity index (χ4n) is 1.66. The van der Waals surface area contributed by atoms with Crippen molar-refractivity contribution < 1.29 is 9.53 Å². The Hall–Kier alpha value is -1.65. The Morgan fingerprint density at radius 2 is 2.21 bits per heavy atom. The molecule has 0 aromatic heterocycles. The van der Waals surface area contributed by atoms with Gasteiger partial charge in [0.25, 0.3) is 0 Å². The summed E-state index contributed by atoms with van der Waals surface area (Å²) in [6.07, 6.45) is 0. The lowest BCUT2D eigenvalue weighted by Crippen LogP contribution is -2.20. The first kappa shape index (κ1) is 15.4. The van der Waals surface area contributed by atoms with E-state index in [-0.39, 0.29) is 0 Å². The minimum absolute atomic E-state index is 0.393. The standard InChI is InChI=1S/C15H22N2O2/c1-11(2)10-19-7-6-17-9-14-5-4-13(15(16)18)8-12(14)3/h4-5,8,17H,1,6-7,9-10H2,2-3H3,(H2,16,18). The van der Waals surface area contributed by atoms with Crippen LogP contribution in [-0.2, 0) is 11.3 Å². The number of carbonyl (C=O) groups excluding carboxylic acids is 1. The van der Waals surface area contributed by atoms with Gasteiger partial charge in [-0.1, -0.05) is 18.2 Å². The molecule has 1 amide bonds. The summed E-state index contributed by atoms with van der Waals surface area (Å²) in [6, 6.07) is 5.50. The molecule has 0 atom stereocenters. The predicted octanol–water partition coefficient (Wildman–Crippen LogP) is 1.78. The van der Waals surface area contributed by atoms with Crippen molar-refractivity contribution >= 4 is 5.91 Å². The number of nitrogens with one attached hydrogen (secondary N) is 1. The number of primary amides is 1. The van der Waals surface area contributed by atoms with Crippen LogP contribution in [0, 0.1) is 6.92 Å². The summed E-state index contributed by atoms with van der Waals surface area (Å²) in [5.74, 6) is -0.393. The quantitative estimate of drug-likeness (QED) is 0.554. The molecule has 0 unspecified atom stereocenters. The molecule has 0 bridgehead atoms. The third kappa shape index (κ3) is 5.68. The fourth-order valence-corrected chi connectivity index (χ4v) is 1.66. The Morgan fingerprint density at radius 3 is 2.79 bits per heavy atom. The van der Waals surface area contributed by atoms with Crippen molar-refractivity contribution in [1.82, 2.24) is 5.32 Å². The number of aryl methyl sites for hydroxylation is 1. The van der Waals surface area contributed by atoms with E-state index >= 15 is 0 Å². The maximum Gasteiger partial charge on any atom is 0.248 e. The third-order valence-corrected chi connectivity index (χ3v) is 2.71. The molecule has 3 N–H and O–H groups in total. The van der Waals surface area contributed by atoms with Gasteiger partial charge in [0.2, 0.25) is 5.91 Å². The van der Waals surface area contributed by atoms with Crippen LogP contribution in [0.25, 0.3) is 0 Å². The molecule has 4 heteroatoms. The van der Waals surface area contributed by atoms with Crippen LogP contribution in [0.3, 0.4) is 0 Å². The number of hydrogen-bond donors (Lipinski definition) is 2. The lowest BCUT2D eigenvalue weighted by atomic mass is 10.0. The molecule has 1 aromatic rings. The number of nitrogens with two attached hydrogens (primary N) is 1. The van der Waals surface area contributed by atoms with Crippen LogP contribution in [0.2, 0.25) is 0 Å². The minimum Gasteiger partial charge on any atom is -0.376 e. The van der Waals surface area contributed by atoms with Gasteiger partial charge in [-0.2, -0.15) is 0 Å². The number of ether oxygens (including phenoxy) is 1. The zero-order valence-corrected chi connectivity index (χ0v) is 11.7. The normalized spacial score (nSPS) is 10.4. The van der Waals surface area contributed by atoms with Gasteiger partial charge >= 0.3 is 0 Å². The SMILES string of the molecule is C=C(C)COCCNCc1ccc(C(N)=O)cc1C. The van der Waals surface area contributed by atoms with Gasteiger partial charge in [-0.05, 0) is 37.1 Å². The summed E-state index contributed by atoms with van der Waals surface area (Å²) in [7, 11) is 0. The second kappa shape index (κ2) is 7.71. The van der Waals surface area contributed by atoms with Gasteiger partial charge in [-0.25, -0.2) is 0 Å². The summed E-state index contributed by atoms with van der Waals surface area (Å²) in [6.45, 7) is 10.5. The molecule has 4 nitrogen and oxygen atoms in total. The Bertz CT molecular complexity index is 455. The van der Waals surface area contributed by atoms with Gasteiger partial charge in [0.05, 0.1) is 13.2 Å². The zero-order valence-electron chi connectivity index (χ0n) is 11.7. The highest BCUT2D eigenvalue weighted by Gasteiger charge is 2.03. The van der Waals surface area contributed by atoms with Crippen molar-refractivity contribution in [2.45, 2.75) is 20.4 Å². The van der Waals surface area contributed by atoms with Gasteiger partial charge in [-0.15, -0.1) is 0 Å². The van der Waals surface area contributed by atoms with Gasteiger partial charge in [-0.3, -0.25) is 4.79 Å². The Labute approximate surface area is 114 Å². The van der Waals surface area contributed by atoms with Crippen LogP contribution >= 0.6 is 0 Å². The first-order valence-corrected chi connectivity index (χ1v) is 6.33. The average molecular weight is 262 g/mol. The number of amides is 1. The third-order valence-electron chi connectivity index (χ3n) is 2.71. The van der Waals surface area contributed by atoms with Crippen molar-refractivity contribution in [3.05, 3.63) is 47.0 Å². The van der Waals surface area contributed by atoms with Crippen LogP contribution in [0.5, 0.6) is 0 Å². The van der Waals surface area contributed by atoms with Crippen molar-refractivity contribution in [2.75, 3.05) is 19.8 Å². The van der Waals surface area contributed by atoms with Crippen molar-refractivity contribution in [3.63, 3.8) is 0 Å². The molecular formula is C15H22N2O2. The van der Waals surface area contributed by atoms with E-state index in [0.29, 0.717) is 18.8 Å². The average Bonchev–Trinajstić information content (AvgIpc) is 2.34. The second-order valence-corrected chi connectivity index (χ2v) is 4.69. The molecule has 0 heterocycles. The monoisotopic (exact) mass is 262 g/mol. The maximum atomic E-state index is 11.0. The van der Waals surface area contributed by atoms with Gasteiger partial charge in [0, 0.05) is 18.7 Å². The smallest absolute Gasteiger partial charge is 0.248 e. The molecule has 104 valence electrons. The summed E-state index contributed by atoms with van der Waals surface area (Å²) < 4.78 is 5.39. The van der Waals surface area contributed by atoms with Gasteiger partial charge < -0.3 is 15.8 Å². The molecule has 0 aliphatic heterocycles. The maximum absolute atomic E-state index is 11.0. The Balaban J connectivity index is 2.33. The summed E-state index contributed by atoms with van der Waals surface area (Å²) in [5, 5.41) is 3.29. The number of hydrogen-bond acceptors (Lipinski definition) is 3. The predicted molar refractivity (Wildman–Crippen MR) is 77.0 cm³/mol. The molecule has 19 heavy (non-hydrogen) atoms. The van der Waals surface area contributed by atoms with E-state index in [1.165, 1.54) is 0 Å². The summed E-state index contributed by atoms with van der Waals surface area (Å²) in [5.41, 5.74) is 9.03. The zero-order chi connectivity index (χ0) is 14.3. The molecule has 0 radical (unpaired) electrons. The van der Waals surface area contributed by atoms with Crippen LogP contribution < -0.4 is 11.1 Å². The second-order valence-electron chi connectivity index (χ2n) is 4.69. The number of carbonyl (C=O) groups is 1. The molecule has 1 rings (SSSR count). The highest BCUT2D eigenvalue weighted by Crippen LogP contribution is 2.10. The molecule has 0 spiro atoms. The first-order valence-electron chi connectivity index (χ1n) is 6.33. The Kier molecular flexibility index (Phi) is 6.25. The van der Waals surface area contributed by atoms with E-state index in [9.17, 15) is 4.79 Å². The van der Waals surface area contributed by atoms with Crippen LogP contribution in [0.1, 0.15) is 28.4 Å². The number of benzene rings is 1. The van der Waals surface area contributed by atoms with E-state index in [0.717, 1.165) is 29.8 Å². The van der Waals surface area contributed by atoms with Crippen LogP contribution in [0.4, 0.5) is 0 Å². The largest absolute Gasteiger partial charge is 0.376 e. The van der Waals surface area contributed by atoms with E-state index in [2.05, 4.69) is 11.9 Å².